The van der Waals surface area contributed by atoms with Crippen LogP contribution in [0.1, 0.15) is 11.3 Å². The number of aryl methyl sites for hydroxylation is 1. The third kappa shape index (κ3) is 3.06. The second-order valence-corrected chi connectivity index (χ2v) is 5.80. The highest BCUT2D eigenvalue weighted by Gasteiger charge is 2.07. The van der Waals surface area contributed by atoms with Crippen molar-refractivity contribution in [1.82, 2.24) is 4.98 Å². The highest BCUT2D eigenvalue weighted by atomic mass is 79.9. The van der Waals surface area contributed by atoms with Crippen LogP contribution in [0.5, 0.6) is 11.5 Å². The SMILES string of the molecule is Cc1ccc2cccc(Oc3cc(Br)cc(CN)c3)c2n1. The maximum atomic E-state index is 6.02. The maximum absolute atomic E-state index is 6.02. The van der Waals surface area contributed by atoms with Crippen molar-refractivity contribution in [2.75, 3.05) is 0 Å². The predicted molar refractivity (Wildman–Crippen MR) is 88.6 cm³/mol. The molecule has 0 aliphatic rings. The molecule has 106 valence electrons. The van der Waals surface area contributed by atoms with Gasteiger partial charge in [-0.3, -0.25) is 0 Å². The van der Waals surface area contributed by atoms with Crippen LogP contribution in [0.25, 0.3) is 10.9 Å². The fourth-order valence-corrected chi connectivity index (χ4v) is 2.74. The summed E-state index contributed by atoms with van der Waals surface area (Å²) in [5, 5.41) is 1.06. The molecule has 0 bridgehead atoms. The number of aromatic nitrogens is 1. The van der Waals surface area contributed by atoms with Gasteiger partial charge < -0.3 is 10.5 Å². The van der Waals surface area contributed by atoms with E-state index in [0.29, 0.717) is 6.54 Å². The lowest BCUT2D eigenvalue weighted by atomic mass is 10.2. The number of halogens is 1. The van der Waals surface area contributed by atoms with Crippen LogP contribution in [0.2, 0.25) is 0 Å². The fraction of sp³-hybridized carbons (Fsp3) is 0.118. The minimum absolute atomic E-state index is 0.475. The lowest BCUT2D eigenvalue weighted by Gasteiger charge is -2.10. The van der Waals surface area contributed by atoms with Gasteiger partial charge in [-0.2, -0.15) is 0 Å². The second kappa shape index (κ2) is 5.84. The van der Waals surface area contributed by atoms with E-state index in [-0.39, 0.29) is 0 Å². The first-order chi connectivity index (χ1) is 10.2. The Hall–Kier alpha value is -1.91. The molecule has 0 radical (unpaired) electrons. The zero-order valence-electron chi connectivity index (χ0n) is 11.6. The number of para-hydroxylation sites is 1. The number of benzene rings is 2. The molecule has 0 aliphatic heterocycles. The largest absolute Gasteiger partial charge is 0.455 e. The van der Waals surface area contributed by atoms with Crippen molar-refractivity contribution in [3.63, 3.8) is 0 Å². The lowest BCUT2D eigenvalue weighted by molar-refractivity contribution is 0.486. The molecule has 0 saturated heterocycles. The average molecular weight is 343 g/mol. The molecule has 0 saturated carbocycles. The molecule has 0 spiro atoms. The molecule has 0 aliphatic carbocycles. The van der Waals surface area contributed by atoms with Gasteiger partial charge in [0.15, 0.2) is 5.75 Å². The second-order valence-electron chi connectivity index (χ2n) is 4.88. The maximum Gasteiger partial charge on any atom is 0.153 e. The molecule has 0 atom stereocenters. The Balaban J connectivity index is 2.05. The number of hydrogen-bond donors (Lipinski definition) is 1. The first-order valence-electron chi connectivity index (χ1n) is 6.69. The third-order valence-electron chi connectivity index (χ3n) is 3.22. The van der Waals surface area contributed by atoms with Crippen molar-refractivity contribution >= 4 is 26.8 Å². The van der Waals surface area contributed by atoms with E-state index in [1.54, 1.807) is 0 Å². The fourth-order valence-electron chi connectivity index (χ4n) is 2.22. The summed E-state index contributed by atoms with van der Waals surface area (Å²) in [6.45, 7) is 2.45. The third-order valence-corrected chi connectivity index (χ3v) is 3.67. The number of nitrogens with two attached hydrogens (primary N) is 1. The molecule has 4 heteroatoms. The van der Waals surface area contributed by atoms with E-state index >= 15 is 0 Å². The molecule has 1 aromatic heterocycles. The van der Waals surface area contributed by atoms with Crippen molar-refractivity contribution in [2.45, 2.75) is 13.5 Å². The Bertz CT molecular complexity index is 802. The van der Waals surface area contributed by atoms with Crippen LogP contribution >= 0.6 is 15.9 Å². The molecule has 0 fully saturated rings. The van der Waals surface area contributed by atoms with E-state index in [0.717, 1.165) is 38.1 Å². The summed E-state index contributed by atoms with van der Waals surface area (Å²) in [5.74, 6) is 1.50. The summed E-state index contributed by atoms with van der Waals surface area (Å²) < 4.78 is 6.97. The van der Waals surface area contributed by atoms with Crippen LogP contribution in [0.3, 0.4) is 0 Å². The zero-order valence-corrected chi connectivity index (χ0v) is 13.2. The van der Waals surface area contributed by atoms with Crippen LogP contribution < -0.4 is 10.5 Å². The van der Waals surface area contributed by atoms with E-state index in [2.05, 4.69) is 27.0 Å². The topological polar surface area (TPSA) is 48.1 Å². The number of pyridine rings is 1. The molecule has 0 amide bonds. The van der Waals surface area contributed by atoms with E-state index in [1.807, 2.05) is 49.4 Å². The first kappa shape index (κ1) is 14.0. The minimum Gasteiger partial charge on any atom is -0.455 e. The summed E-state index contributed by atoms with van der Waals surface area (Å²) in [7, 11) is 0. The molecule has 3 rings (SSSR count). The van der Waals surface area contributed by atoms with Gasteiger partial charge in [-0.1, -0.05) is 34.1 Å². The van der Waals surface area contributed by atoms with Gasteiger partial charge in [0.05, 0.1) is 0 Å². The highest BCUT2D eigenvalue weighted by molar-refractivity contribution is 9.10. The Kier molecular flexibility index (Phi) is 3.90. The van der Waals surface area contributed by atoms with Gasteiger partial charge in [-0.25, -0.2) is 4.98 Å². The van der Waals surface area contributed by atoms with Gasteiger partial charge in [0, 0.05) is 22.1 Å². The van der Waals surface area contributed by atoms with Crippen molar-refractivity contribution in [2.24, 2.45) is 5.73 Å². The van der Waals surface area contributed by atoms with Gasteiger partial charge >= 0.3 is 0 Å². The summed E-state index contributed by atoms with van der Waals surface area (Å²) in [6.07, 6.45) is 0. The zero-order chi connectivity index (χ0) is 14.8. The number of rotatable bonds is 3. The molecule has 1 heterocycles. The molecule has 21 heavy (non-hydrogen) atoms. The highest BCUT2D eigenvalue weighted by Crippen LogP contribution is 2.31. The Morgan fingerprint density at radius 2 is 2.00 bits per heavy atom. The van der Waals surface area contributed by atoms with Crippen LogP contribution in [0.4, 0.5) is 0 Å². The number of ether oxygens (including phenoxy) is 1. The summed E-state index contributed by atoms with van der Waals surface area (Å²) in [6, 6.07) is 15.8. The quantitative estimate of drug-likeness (QED) is 0.759. The van der Waals surface area contributed by atoms with Gasteiger partial charge in [0.2, 0.25) is 0 Å². The van der Waals surface area contributed by atoms with Crippen molar-refractivity contribution in [3.8, 4) is 11.5 Å². The summed E-state index contributed by atoms with van der Waals surface area (Å²) in [5.41, 5.74) is 8.56. The van der Waals surface area contributed by atoms with E-state index < -0.39 is 0 Å². The van der Waals surface area contributed by atoms with Crippen molar-refractivity contribution in [1.29, 1.82) is 0 Å². The minimum atomic E-state index is 0.475. The average Bonchev–Trinajstić information content (AvgIpc) is 2.47. The van der Waals surface area contributed by atoms with Gasteiger partial charge in [0.1, 0.15) is 11.3 Å². The Labute approximate surface area is 131 Å². The van der Waals surface area contributed by atoms with E-state index in [4.69, 9.17) is 10.5 Å². The number of nitrogens with zero attached hydrogens (tertiary/aromatic N) is 1. The van der Waals surface area contributed by atoms with E-state index in [9.17, 15) is 0 Å². The van der Waals surface area contributed by atoms with Crippen LogP contribution in [0.15, 0.2) is 53.0 Å². The molecular formula is C17H15BrN2O. The number of fused-ring (bicyclic) bond motifs is 1. The van der Waals surface area contributed by atoms with Crippen LogP contribution in [-0.2, 0) is 6.54 Å². The molecule has 2 aromatic carbocycles. The molecule has 0 unspecified atom stereocenters. The smallest absolute Gasteiger partial charge is 0.153 e. The van der Waals surface area contributed by atoms with Crippen LogP contribution in [-0.4, -0.2) is 4.98 Å². The number of hydrogen-bond acceptors (Lipinski definition) is 3. The van der Waals surface area contributed by atoms with Crippen molar-refractivity contribution in [3.05, 3.63) is 64.3 Å². The first-order valence-corrected chi connectivity index (χ1v) is 7.49. The normalized spacial score (nSPS) is 10.8. The molecule has 3 aromatic rings. The predicted octanol–water partition coefficient (Wildman–Crippen LogP) is 4.56. The van der Waals surface area contributed by atoms with Crippen LogP contribution in [0, 0.1) is 6.92 Å². The standard InChI is InChI=1S/C17H15BrN2O/c1-11-5-6-13-3-2-4-16(17(13)20-11)21-15-8-12(10-19)7-14(18)9-15/h2-9H,10,19H2,1H3. The monoisotopic (exact) mass is 342 g/mol. The molecule has 3 nitrogen and oxygen atoms in total. The van der Waals surface area contributed by atoms with Gasteiger partial charge in [-0.15, -0.1) is 0 Å². The summed E-state index contributed by atoms with van der Waals surface area (Å²) in [4.78, 5) is 4.58. The van der Waals surface area contributed by atoms with Gasteiger partial charge in [0.25, 0.3) is 0 Å². The summed E-state index contributed by atoms with van der Waals surface area (Å²) >= 11 is 3.48. The van der Waals surface area contributed by atoms with Gasteiger partial charge in [-0.05, 0) is 42.8 Å². The Morgan fingerprint density at radius 1 is 1.14 bits per heavy atom. The van der Waals surface area contributed by atoms with Crippen molar-refractivity contribution < 1.29 is 4.74 Å². The molecular weight excluding hydrogens is 328 g/mol. The van der Waals surface area contributed by atoms with E-state index in [1.165, 1.54) is 0 Å². The Morgan fingerprint density at radius 3 is 2.81 bits per heavy atom. The molecule has 2 N–H and O–H groups in total. The lowest BCUT2D eigenvalue weighted by Crippen LogP contribution is -1.97.